The summed E-state index contributed by atoms with van der Waals surface area (Å²) in [5.41, 5.74) is 1.24. The zero-order chi connectivity index (χ0) is 17.8. The summed E-state index contributed by atoms with van der Waals surface area (Å²) < 4.78 is 0. The van der Waals surface area contributed by atoms with E-state index in [1.54, 1.807) is 11.3 Å². The average molecular weight is 358 g/mol. The molecule has 1 N–H and O–H groups in total. The highest BCUT2D eigenvalue weighted by molar-refractivity contribution is 7.12. The Morgan fingerprint density at radius 1 is 1.28 bits per heavy atom. The summed E-state index contributed by atoms with van der Waals surface area (Å²) in [6.07, 6.45) is 2.16. The van der Waals surface area contributed by atoms with Crippen LogP contribution in [-0.4, -0.2) is 37.1 Å². The fraction of sp³-hybridized carbons (Fsp3) is 0.450. The largest absolute Gasteiger partial charge is 0.369 e. The summed E-state index contributed by atoms with van der Waals surface area (Å²) in [4.78, 5) is 19.4. The molecule has 1 aliphatic heterocycles. The Bertz CT molecular complexity index is 700. The zero-order valence-electron chi connectivity index (χ0n) is 15.2. The molecule has 1 saturated heterocycles. The van der Waals surface area contributed by atoms with Crippen molar-refractivity contribution < 1.29 is 4.79 Å². The van der Waals surface area contributed by atoms with Crippen LogP contribution in [0.3, 0.4) is 0 Å². The molecule has 2 aromatic rings. The quantitative estimate of drug-likeness (QED) is 0.879. The summed E-state index contributed by atoms with van der Waals surface area (Å²) in [6.45, 7) is 6.09. The van der Waals surface area contributed by atoms with Crippen LogP contribution in [0.4, 0.5) is 10.5 Å². The number of hydrogen-bond donors (Lipinski definition) is 1. The van der Waals surface area contributed by atoms with E-state index in [1.807, 2.05) is 24.9 Å². The molecule has 0 radical (unpaired) electrons. The van der Waals surface area contributed by atoms with Crippen LogP contribution >= 0.6 is 11.3 Å². The maximum atomic E-state index is 12.7. The van der Waals surface area contributed by atoms with Crippen molar-refractivity contribution in [3.05, 3.63) is 52.2 Å². The van der Waals surface area contributed by atoms with Crippen molar-refractivity contribution in [1.82, 2.24) is 10.2 Å². The van der Waals surface area contributed by atoms with Gasteiger partial charge in [0.25, 0.3) is 0 Å². The summed E-state index contributed by atoms with van der Waals surface area (Å²) in [5, 5.41) is 3.14. The molecule has 2 heterocycles. The van der Waals surface area contributed by atoms with E-state index >= 15 is 0 Å². The van der Waals surface area contributed by atoms with E-state index in [1.165, 1.54) is 15.4 Å². The minimum atomic E-state index is 0.0125. The normalized spacial score (nSPS) is 18.7. The van der Waals surface area contributed by atoms with Gasteiger partial charge in [-0.1, -0.05) is 18.2 Å². The number of rotatable bonds is 4. The van der Waals surface area contributed by atoms with E-state index in [2.05, 4.69) is 53.5 Å². The van der Waals surface area contributed by atoms with Crippen molar-refractivity contribution in [3.63, 3.8) is 0 Å². The average Bonchev–Trinajstić information content (AvgIpc) is 3.08. The molecule has 4 nitrogen and oxygen atoms in total. The second-order valence-electron chi connectivity index (χ2n) is 6.81. The van der Waals surface area contributed by atoms with Crippen molar-refractivity contribution in [2.45, 2.75) is 38.8 Å². The minimum Gasteiger partial charge on any atom is -0.369 e. The van der Waals surface area contributed by atoms with Gasteiger partial charge in [0.1, 0.15) is 0 Å². The van der Waals surface area contributed by atoms with Gasteiger partial charge in [0.15, 0.2) is 0 Å². The lowest BCUT2D eigenvalue weighted by Crippen LogP contribution is -2.51. The van der Waals surface area contributed by atoms with Gasteiger partial charge in [0.2, 0.25) is 0 Å². The summed E-state index contributed by atoms with van der Waals surface area (Å²) in [5.74, 6) is 0. The first kappa shape index (κ1) is 17.8. The van der Waals surface area contributed by atoms with E-state index in [0.717, 1.165) is 25.9 Å². The Morgan fingerprint density at radius 3 is 2.72 bits per heavy atom. The number of likely N-dealkylation sites (N-methyl/N-ethyl adjacent to an activating group) is 1. The van der Waals surface area contributed by atoms with Crippen LogP contribution in [0.25, 0.3) is 0 Å². The predicted molar refractivity (Wildman–Crippen MR) is 105 cm³/mol. The first-order valence-corrected chi connectivity index (χ1v) is 9.76. The molecule has 1 fully saturated rings. The number of thiophene rings is 1. The summed E-state index contributed by atoms with van der Waals surface area (Å²) in [7, 11) is 1.92. The number of hydrogen-bond acceptors (Lipinski definition) is 3. The topological polar surface area (TPSA) is 35.6 Å². The number of anilines is 1. The third-order valence-corrected chi connectivity index (χ3v) is 6.10. The molecule has 2 unspecified atom stereocenters. The number of aryl methyl sites for hydroxylation is 1. The monoisotopic (exact) mass is 357 g/mol. The van der Waals surface area contributed by atoms with Crippen molar-refractivity contribution >= 4 is 23.1 Å². The van der Waals surface area contributed by atoms with Gasteiger partial charge in [-0.3, -0.25) is 0 Å². The second-order valence-corrected chi connectivity index (χ2v) is 8.13. The van der Waals surface area contributed by atoms with Crippen LogP contribution in [0, 0.1) is 6.92 Å². The molecule has 0 aliphatic carbocycles. The lowest BCUT2D eigenvalue weighted by atomic mass is 10.0. The molecule has 1 aromatic heterocycles. The first-order chi connectivity index (χ1) is 12.0. The van der Waals surface area contributed by atoms with Crippen LogP contribution in [0.1, 0.15) is 35.6 Å². The van der Waals surface area contributed by atoms with E-state index in [4.69, 9.17) is 0 Å². The SMILES string of the molecule is Cc1ccc(C(C)NC(=O)N(C)C2CCCN(c3ccccc3)C2)s1. The molecule has 1 aromatic carbocycles. The smallest absolute Gasteiger partial charge is 0.317 e. The zero-order valence-corrected chi connectivity index (χ0v) is 16.1. The van der Waals surface area contributed by atoms with Crippen molar-refractivity contribution in [2.75, 3.05) is 25.0 Å². The fourth-order valence-electron chi connectivity index (χ4n) is 3.35. The number of carbonyl (C=O) groups excluding carboxylic acids is 1. The van der Waals surface area contributed by atoms with Gasteiger partial charge in [-0.15, -0.1) is 11.3 Å². The maximum absolute atomic E-state index is 12.7. The summed E-state index contributed by atoms with van der Waals surface area (Å²) >= 11 is 1.74. The van der Waals surface area contributed by atoms with Crippen LogP contribution < -0.4 is 10.2 Å². The number of benzene rings is 1. The van der Waals surface area contributed by atoms with Gasteiger partial charge < -0.3 is 15.1 Å². The van der Waals surface area contributed by atoms with E-state index in [-0.39, 0.29) is 18.1 Å². The molecule has 1 aliphatic rings. The lowest BCUT2D eigenvalue weighted by molar-refractivity contribution is 0.180. The van der Waals surface area contributed by atoms with Gasteiger partial charge in [0, 0.05) is 35.6 Å². The Labute approximate surface area is 154 Å². The molecular weight excluding hydrogens is 330 g/mol. The molecule has 2 amide bonds. The number of urea groups is 1. The molecular formula is C20H27N3OS. The Morgan fingerprint density at radius 2 is 2.04 bits per heavy atom. The number of piperidine rings is 1. The van der Waals surface area contributed by atoms with Crippen molar-refractivity contribution in [1.29, 1.82) is 0 Å². The van der Waals surface area contributed by atoms with E-state index < -0.39 is 0 Å². The molecule has 134 valence electrons. The first-order valence-electron chi connectivity index (χ1n) is 8.94. The molecule has 0 saturated carbocycles. The molecule has 0 bridgehead atoms. The third-order valence-electron chi connectivity index (χ3n) is 4.91. The number of para-hydroxylation sites is 1. The fourth-order valence-corrected chi connectivity index (χ4v) is 4.23. The molecule has 0 spiro atoms. The second kappa shape index (κ2) is 7.91. The third kappa shape index (κ3) is 4.34. The highest BCUT2D eigenvalue weighted by atomic mass is 32.1. The Balaban J connectivity index is 1.59. The van der Waals surface area contributed by atoms with Gasteiger partial charge >= 0.3 is 6.03 Å². The van der Waals surface area contributed by atoms with Crippen molar-refractivity contribution in [2.24, 2.45) is 0 Å². The lowest BCUT2D eigenvalue weighted by Gasteiger charge is -2.39. The van der Waals surface area contributed by atoms with E-state index in [9.17, 15) is 4.79 Å². The molecule has 3 rings (SSSR count). The Kier molecular flexibility index (Phi) is 5.63. The van der Waals surface area contributed by atoms with Crippen LogP contribution in [-0.2, 0) is 0 Å². The van der Waals surface area contributed by atoms with Gasteiger partial charge in [-0.05, 0) is 51.0 Å². The number of carbonyl (C=O) groups is 1. The van der Waals surface area contributed by atoms with Gasteiger partial charge in [-0.2, -0.15) is 0 Å². The number of nitrogens with one attached hydrogen (secondary N) is 1. The summed E-state index contributed by atoms with van der Waals surface area (Å²) in [6, 6.07) is 15.0. The van der Waals surface area contributed by atoms with E-state index in [0.29, 0.717) is 0 Å². The van der Waals surface area contributed by atoms with Crippen LogP contribution in [0.5, 0.6) is 0 Å². The van der Waals surface area contributed by atoms with Crippen molar-refractivity contribution in [3.8, 4) is 0 Å². The standard InChI is InChI=1S/C20H27N3OS/c1-15-11-12-19(25-15)16(2)21-20(24)22(3)18-10-7-13-23(14-18)17-8-5-4-6-9-17/h4-6,8-9,11-12,16,18H,7,10,13-14H2,1-3H3,(H,21,24). The predicted octanol–water partition coefficient (Wildman–Crippen LogP) is 4.43. The highest BCUT2D eigenvalue weighted by Crippen LogP contribution is 2.24. The number of nitrogens with zero attached hydrogens (tertiary/aromatic N) is 2. The van der Waals surface area contributed by atoms with Gasteiger partial charge in [-0.25, -0.2) is 4.79 Å². The molecule has 25 heavy (non-hydrogen) atoms. The minimum absolute atomic E-state index is 0.0125. The van der Waals surface area contributed by atoms with Gasteiger partial charge in [0.05, 0.1) is 12.1 Å². The van der Waals surface area contributed by atoms with Crippen LogP contribution in [0.15, 0.2) is 42.5 Å². The Hall–Kier alpha value is -2.01. The molecule has 2 atom stereocenters. The number of amides is 2. The molecule has 5 heteroatoms. The van der Waals surface area contributed by atoms with Crippen LogP contribution in [0.2, 0.25) is 0 Å². The highest BCUT2D eigenvalue weighted by Gasteiger charge is 2.27. The maximum Gasteiger partial charge on any atom is 0.317 e.